The number of carbonyl (C=O) groups excluding carboxylic acids is 1. The van der Waals surface area contributed by atoms with Crippen molar-refractivity contribution in [3.05, 3.63) is 198 Å². The lowest BCUT2D eigenvalue weighted by molar-refractivity contribution is -0.121. The monoisotopic (exact) mass is 796 g/mol. The van der Waals surface area contributed by atoms with E-state index >= 15 is 0 Å². The van der Waals surface area contributed by atoms with E-state index in [9.17, 15) is 4.79 Å². The van der Waals surface area contributed by atoms with Crippen LogP contribution >= 0.6 is 30.8 Å². The van der Waals surface area contributed by atoms with E-state index < -0.39 is 7.26 Å². The Morgan fingerprint density at radius 2 is 0.965 bits per heavy atom. The number of fused-ring (bicyclic) bond motifs is 5. The van der Waals surface area contributed by atoms with Gasteiger partial charge in [-0.15, -0.1) is 0 Å². The predicted octanol–water partition coefficient (Wildman–Crippen LogP) is 11.5. The third-order valence-electron chi connectivity index (χ3n) is 11.5. The molecule has 0 saturated heterocycles. The van der Waals surface area contributed by atoms with Gasteiger partial charge in [0.1, 0.15) is 33.9 Å². The van der Waals surface area contributed by atoms with Crippen LogP contribution in [0.3, 0.4) is 0 Å². The topological polar surface area (TPSA) is 53.2 Å². The van der Waals surface area contributed by atoms with E-state index in [2.05, 4.69) is 192 Å². The molecule has 2 atom stereocenters. The molecule has 7 aromatic rings. The van der Waals surface area contributed by atoms with Gasteiger partial charge in [0.25, 0.3) is 0 Å². The molecule has 10 rings (SSSR count). The molecule has 7 aromatic carbocycles. The molecule has 0 saturated carbocycles. The number of nitrogens with one attached hydrogen (secondary N) is 3. The fourth-order valence-corrected chi connectivity index (χ4v) is 15.5. The lowest BCUT2D eigenvalue weighted by Crippen LogP contribution is -2.33. The Balaban J connectivity index is 0.918. The molecule has 0 aromatic heterocycles. The fraction of sp³-hybridized carbons (Fsp3) is 0.140. The molecule has 0 fully saturated rings. The lowest BCUT2D eigenvalue weighted by Gasteiger charge is -2.27. The second-order valence-electron chi connectivity index (χ2n) is 15.0. The van der Waals surface area contributed by atoms with Crippen molar-refractivity contribution in [2.24, 2.45) is 0 Å². The molecular weight excluding hydrogens is 754 g/mol. The molecule has 2 heterocycles. The maximum Gasteiger partial charge on any atom is 0.220 e. The SMILES string of the molecule is O=C(CCCC[P+](c1ccccc1)(c1ccccc1)c1ccccc1)NC1c2cc(C3Nc4ccccc4S3)ccc2-c2ccc(C3Nc4ccccc4S3)cc21. The normalized spacial score (nSPS) is 17.4. The number of amides is 1. The number of anilines is 2. The minimum absolute atomic E-state index is 0.0965. The number of carbonyl (C=O) groups is 1. The molecular formula is C50H43N3OPS2+. The van der Waals surface area contributed by atoms with Crippen molar-refractivity contribution in [1.29, 1.82) is 0 Å². The molecule has 0 spiro atoms. The highest BCUT2D eigenvalue weighted by Crippen LogP contribution is 2.56. The molecule has 1 amide bonds. The molecule has 3 N–H and O–H groups in total. The summed E-state index contributed by atoms with van der Waals surface area (Å²) in [5, 5.41) is 15.4. The Hall–Kier alpha value is -5.26. The lowest BCUT2D eigenvalue weighted by atomic mass is 10.0. The molecule has 1 aliphatic carbocycles. The molecule has 0 bridgehead atoms. The maximum absolute atomic E-state index is 14.2. The van der Waals surface area contributed by atoms with Crippen LogP contribution in [0.1, 0.15) is 58.3 Å². The quantitative estimate of drug-likeness (QED) is 0.0899. The van der Waals surface area contributed by atoms with E-state index in [0.29, 0.717) is 6.42 Å². The first-order valence-corrected chi connectivity index (χ1v) is 23.5. The van der Waals surface area contributed by atoms with Crippen molar-refractivity contribution in [2.45, 2.75) is 45.8 Å². The van der Waals surface area contributed by atoms with Crippen LogP contribution in [0.5, 0.6) is 0 Å². The fourth-order valence-electron chi connectivity index (χ4n) is 8.80. The third kappa shape index (κ3) is 6.84. The Bertz CT molecular complexity index is 2320. The van der Waals surface area contributed by atoms with Crippen molar-refractivity contribution >= 4 is 64.0 Å². The zero-order valence-corrected chi connectivity index (χ0v) is 34.0. The summed E-state index contributed by atoms with van der Waals surface area (Å²) in [7, 11) is -1.95. The standard InChI is InChI=1S/C50H42N3OPS2/c54-47(26-14-15-31-55(36-16-4-1-5-17-36,37-18-6-2-7-19-37)38-20-8-3-9-21-38)53-48-41-32-34(49-51-43-22-10-12-24-45(43)56-49)27-29-39(41)40-30-28-35(33-42(40)48)50-52-44-23-11-13-25-46(44)57-50/h1-13,16-25,27-30,32-33,48-52H,14-15,26,31H2/p+1. The minimum atomic E-state index is -1.95. The van der Waals surface area contributed by atoms with Gasteiger partial charge in [-0.05, 0) is 119 Å². The van der Waals surface area contributed by atoms with Gasteiger partial charge in [0.2, 0.25) is 5.91 Å². The zero-order chi connectivity index (χ0) is 38.2. The second kappa shape index (κ2) is 15.6. The second-order valence-corrected chi connectivity index (χ2v) is 20.9. The molecule has 2 unspecified atom stereocenters. The average molecular weight is 797 g/mol. The summed E-state index contributed by atoms with van der Waals surface area (Å²) in [6.45, 7) is 0. The Kier molecular flexibility index (Phi) is 9.87. The molecule has 2 aliphatic heterocycles. The van der Waals surface area contributed by atoms with Gasteiger partial charge in [-0.25, -0.2) is 0 Å². The van der Waals surface area contributed by atoms with Crippen LogP contribution in [0.4, 0.5) is 11.4 Å². The average Bonchev–Trinajstić information content (AvgIpc) is 3.99. The Labute approximate surface area is 344 Å². The molecule has 7 heteroatoms. The van der Waals surface area contributed by atoms with Gasteiger partial charge in [0, 0.05) is 27.6 Å². The summed E-state index contributed by atoms with van der Waals surface area (Å²) < 4.78 is 0. The van der Waals surface area contributed by atoms with Crippen LogP contribution < -0.4 is 31.9 Å². The van der Waals surface area contributed by atoms with Crippen molar-refractivity contribution in [1.82, 2.24) is 5.32 Å². The van der Waals surface area contributed by atoms with Gasteiger partial charge in [-0.1, -0.05) is 127 Å². The zero-order valence-electron chi connectivity index (χ0n) is 31.5. The Morgan fingerprint density at radius 1 is 0.526 bits per heavy atom. The van der Waals surface area contributed by atoms with Crippen LogP contribution in [0, 0.1) is 0 Å². The van der Waals surface area contributed by atoms with E-state index in [4.69, 9.17) is 0 Å². The van der Waals surface area contributed by atoms with E-state index in [1.165, 1.54) is 70.5 Å². The van der Waals surface area contributed by atoms with Crippen LogP contribution in [-0.4, -0.2) is 12.1 Å². The number of para-hydroxylation sites is 2. The molecule has 0 radical (unpaired) electrons. The predicted molar refractivity (Wildman–Crippen MR) is 243 cm³/mol. The number of benzene rings is 7. The van der Waals surface area contributed by atoms with E-state index in [1.54, 1.807) is 0 Å². The highest BCUT2D eigenvalue weighted by Gasteiger charge is 2.44. The van der Waals surface area contributed by atoms with Crippen LogP contribution in [0.2, 0.25) is 0 Å². The summed E-state index contributed by atoms with van der Waals surface area (Å²) in [4.78, 5) is 16.7. The molecule has 4 nitrogen and oxygen atoms in total. The summed E-state index contributed by atoms with van der Waals surface area (Å²) >= 11 is 3.70. The van der Waals surface area contributed by atoms with E-state index in [-0.39, 0.29) is 22.7 Å². The summed E-state index contributed by atoms with van der Waals surface area (Å²) in [5.41, 5.74) is 9.52. The first kappa shape index (κ1) is 36.1. The highest BCUT2D eigenvalue weighted by molar-refractivity contribution is 8.00. The van der Waals surface area contributed by atoms with Gasteiger partial charge in [0.15, 0.2) is 0 Å². The van der Waals surface area contributed by atoms with Gasteiger partial charge < -0.3 is 16.0 Å². The van der Waals surface area contributed by atoms with Crippen LogP contribution in [0.25, 0.3) is 11.1 Å². The molecule has 57 heavy (non-hydrogen) atoms. The van der Waals surface area contributed by atoms with Crippen molar-refractivity contribution in [2.75, 3.05) is 16.8 Å². The summed E-state index contributed by atoms with van der Waals surface area (Å²) in [5.74, 6) is 0.0965. The van der Waals surface area contributed by atoms with Crippen LogP contribution in [-0.2, 0) is 4.79 Å². The first-order valence-electron chi connectivity index (χ1n) is 19.8. The highest BCUT2D eigenvalue weighted by atomic mass is 32.2. The van der Waals surface area contributed by atoms with Gasteiger partial charge >= 0.3 is 0 Å². The Morgan fingerprint density at radius 3 is 1.42 bits per heavy atom. The van der Waals surface area contributed by atoms with Crippen molar-refractivity contribution < 1.29 is 4.79 Å². The van der Waals surface area contributed by atoms with E-state index in [0.717, 1.165) is 19.0 Å². The van der Waals surface area contributed by atoms with Gasteiger partial charge in [0.05, 0.1) is 12.2 Å². The van der Waals surface area contributed by atoms with Crippen molar-refractivity contribution in [3.8, 4) is 11.1 Å². The van der Waals surface area contributed by atoms with Gasteiger partial charge in [-0.3, -0.25) is 4.79 Å². The van der Waals surface area contributed by atoms with Crippen LogP contribution in [0.15, 0.2) is 186 Å². The summed E-state index contributed by atoms with van der Waals surface area (Å²) in [6.07, 6.45) is 3.24. The van der Waals surface area contributed by atoms with Gasteiger partial charge in [-0.2, -0.15) is 0 Å². The van der Waals surface area contributed by atoms with Crippen molar-refractivity contribution in [3.63, 3.8) is 0 Å². The van der Waals surface area contributed by atoms with E-state index in [1.807, 2.05) is 23.5 Å². The summed E-state index contributed by atoms with van der Waals surface area (Å²) in [6, 6.07) is 63.6. The first-order chi connectivity index (χ1) is 28.1. The molecule has 3 aliphatic rings. The minimum Gasteiger partial charge on any atom is -0.368 e. The smallest absolute Gasteiger partial charge is 0.220 e. The number of unbranched alkanes of at least 4 members (excludes halogenated alkanes) is 1. The number of hydrogen-bond donors (Lipinski definition) is 3. The number of hydrogen-bond acceptors (Lipinski definition) is 5. The third-order valence-corrected chi connectivity index (χ3v) is 18.5. The molecule has 280 valence electrons. The number of thioether (sulfide) groups is 2. The largest absolute Gasteiger partial charge is 0.368 e. The maximum atomic E-state index is 14.2. The number of rotatable bonds is 11.